The minimum Gasteiger partial charge on any atom is -0.261 e. The molecule has 0 saturated heterocycles. The van der Waals surface area contributed by atoms with Gasteiger partial charge in [-0.1, -0.05) is 13.8 Å². The van der Waals surface area contributed by atoms with Gasteiger partial charge in [0.05, 0.1) is 5.56 Å². The summed E-state index contributed by atoms with van der Waals surface area (Å²) in [6.07, 6.45) is 0. The number of nitrogens with zero attached hydrogens (tertiary/aromatic N) is 3. The minimum atomic E-state index is 0.136. The molecule has 4 radical (unpaired) electrons. The number of nitriles is 1. The van der Waals surface area contributed by atoms with E-state index in [4.69, 9.17) is 21.0 Å². The van der Waals surface area contributed by atoms with Crippen molar-refractivity contribution in [2.45, 2.75) is 13.8 Å². The van der Waals surface area contributed by atoms with Gasteiger partial charge in [-0.3, -0.25) is 9.97 Å². The highest BCUT2D eigenvalue weighted by atomic mass is 79.9. The Morgan fingerprint density at radius 3 is 2.18 bits per heavy atom. The van der Waals surface area contributed by atoms with E-state index in [1.54, 1.807) is 12.1 Å². The lowest BCUT2D eigenvalue weighted by Gasteiger charge is -2.05. The van der Waals surface area contributed by atoms with E-state index in [9.17, 15) is 0 Å². The van der Waals surface area contributed by atoms with Crippen molar-refractivity contribution in [3.63, 3.8) is 0 Å². The zero-order valence-corrected chi connectivity index (χ0v) is 11.1. The average Bonchev–Trinajstić information content (AvgIpc) is 2.35. The van der Waals surface area contributed by atoms with Gasteiger partial charge in [0, 0.05) is 4.47 Å². The Labute approximate surface area is 111 Å². The SMILES string of the molecule is CC.[B]c1nc2c(Br)ccc(C#N)c2nc1[B]. The fraction of sp³-hybridized carbons (Fsp3) is 0.182. The quantitative estimate of drug-likeness (QED) is 0.675. The molecule has 0 saturated carbocycles. The molecule has 0 spiro atoms. The number of hydrogen-bond donors (Lipinski definition) is 0. The molecule has 0 aliphatic heterocycles. The highest BCUT2D eigenvalue weighted by Gasteiger charge is 2.08. The van der Waals surface area contributed by atoms with Crippen LogP contribution in [0.3, 0.4) is 0 Å². The van der Waals surface area contributed by atoms with Crippen LogP contribution in [-0.2, 0) is 0 Å². The van der Waals surface area contributed by atoms with Crippen LogP contribution in [0.5, 0.6) is 0 Å². The fourth-order valence-corrected chi connectivity index (χ4v) is 1.63. The van der Waals surface area contributed by atoms with Crippen molar-refractivity contribution in [1.29, 1.82) is 5.26 Å². The molecular weight excluding hydrogens is 276 g/mol. The summed E-state index contributed by atoms with van der Waals surface area (Å²) in [5, 5.41) is 8.88. The molecule has 0 amide bonds. The van der Waals surface area contributed by atoms with E-state index in [0.29, 0.717) is 16.6 Å². The standard InChI is InChI=1S/C9H2B2BrN3.C2H6/c10-8-9(11)15-7-5(12)2-1-4(3-13)6(7)14-8;1-2/h1-2H;1-2H3. The Bertz CT molecular complexity index is 593. The van der Waals surface area contributed by atoms with Gasteiger partial charge in [-0.15, -0.1) is 0 Å². The first-order valence-corrected chi connectivity index (χ1v) is 5.84. The van der Waals surface area contributed by atoms with Crippen LogP contribution in [0.25, 0.3) is 11.0 Å². The van der Waals surface area contributed by atoms with E-state index >= 15 is 0 Å². The van der Waals surface area contributed by atoms with Crippen molar-refractivity contribution in [1.82, 2.24) is 9.97 Å². The van der Waals surface area contributed by atoms with Gasteiger partial charge in [-0.05, 0) is 39.2 Å². The number of aromatic nitrogens is 2. The van der Waals surface area contributed by atoms with Crippen LogP contribution in [0.1, 0.15) is 19.4 Å². The molecule has 1 aromatic heterocycles. The van der Waals surface area contributed by atoms with E-state index in [1.807, 2.05) is 19.9 Å². The Balaban J connectivity index is 0.000000686. The molecule has 3 nitrogen and oxygen atoms in total. The van der Waals surface area contributed by atoms with Crippen LogP contribution in [0, 0.1) is 11.3 Å². The van der Waals surface area contributed by atoms with Gasteiger partial charge in [0.15, 0.2) is 0 Å². The smallest absolute Gasteiger partial charge is 0.143 e. The van der Waals surface area contributed by atoms with Crippen molar-refractivity contribution >= 4 is 53.8 Å². The van der Waals surface area contributed by atoms with Crippen molar-refractivity contribution in [3.8, 4) is 6.07 Å². The molecule has 0 aliphatic carbocycles. The lowest BCUT2D eigenvalue weighted by Crippen LogP contribution is -2.32. The third kappa shape index (κ3) is 2.67. The van der Waals surface area contributed by atoms with Gasteiger partial charge in [-0.25, -0.2) is 0 Å². The molecule has 1 heterocycles. The summed E-state index contributed by atoms with van der Waals surface area (Å²) in [5.74, 6) is 0. The van der Waals surface area contributed by atoms with Crippen molar-refractivity contribution in [3.05, 3.63) is 22.2 Å². The second-order valence-electron chi connectivity index (χ2n) is 2.90. The van der Waals surface area contributed by atoms with E-state index in [1.165, 1.54) is 0 Å². The van der Waals surface area contributed by atoms with Gasteiger partial charge in [0.1, 0.15) is 32.8 Å². The van der Waals surface area contributed by atoms with E-state index in [0.717, 1.165) is 4.47 Å². The molecule has 0 atom stereocenters. The molecule has 1 aromatic carbocycles. The lowest BCUT2D eigenvalue weighted by atomic mass is 9.90. The summed E-state index contributed by atoms with van der Waals surface area (Å²) in [6.45, 7) is 4.00. The third-order valence-electron chi connectivity index (χ3n) is 1.95. The average molecular weight is 284 g/mol. The maximum absolute atomic E-state index is 8.88. The van der Waals surface area contributed by atoms with Gasteiger partial charge in [0.2, 0.25) is 0 Å². The monoisotopic (exact) mass is 283 g/mol. The zero-order valence-electron chi connectivity index (χ0n) is 9.53. The molecule has 2 rings (SSSR count). The molecule has 6 heteroatoms. The molecule has 2 aromatic rings. The topological polar surface area (TPSA) is 49.6 Å². The molecule has 0 aliphatic rings. The second kappa shape index (κ2) is 5.83. The first kappa shape index (κ1) is 13.7. The summed E-state index contributed by atoms with van der Waals surface area (Å²) < 4.78 is 0.732. The molecule has 0 unspecified atom stereocenters. The number of benzene rings is 1. The van der Waals surface area contributed by atoms with Crippen molar-refractivity contribution in [2.75, 3.05) is 0 Å². The first-order valence-electron chi connectivity index (χ1n) is 5.05. The molecular formula is C11H8B2BrN3. The first-order chi connectivity index (χ1) is 8.13. The number of hydrogen-bond acceptors (Lipinski definition) is 3. The Kier molecular flexibility index (Phi) is 4.71. The zero-order chi connectivity index (χ0) is 13.0. The highest BCUT2D eigenvalue weighted by molar-refractivity contribution is 9.10. The predicted molar refractivity (Wildman–Crippen MR) is 74.1 cm³/mol. The molecule has 0 fully saturated rings. The predicted octanol–water partition coefficient (Wildman–Crippen LogP) is 0.878. The van der Waals surface area contributed by atoms with E-state index in [-0.39, 0.29) is 11.2 Å². The van der Waals surface area contributed by atoms with E-state index in [2.05, 4.69) is 25.9 Å². The highest BCUT2D eigenvalue weighted by Crippen LogP contribution is 2.21. The van der Waals surface area contributed by atoms with Gasteiger partial charge >= 0.3 is 0 Å². The van der Waals surface area contributed by atoms with E-state index < -0.39 is 0 Å². The lowest BCUT2D eigenvalue weighted by molar-refractivity contribution is 1.36. The molecule has 80 valence electrons. The fourth-order valence-electron chi connectivity index (χ4n) is 1.22. The maximum Gasteiger partial charge on any atom is 0.143 e. The van der Waals surface area contributed by atoms with Gasteiger partial charge in [0.25, 0.3) is 0 Å². The second-order valence-corrected chi connectivity index (χ2v) is 3.75. The van der Waals surface area contributed by atoms with Crippen LogP contribution in [0.15, 0.2) is 16.6 Å². The van der Waals surface area contributed by atoms with Crippen LogP contribution in [0.4, 0.5) is 0 Å². The third-order valence-corrected chi connectivity index (χ3v) is 2.59. The Morgan fingerprint density at radius 1 is 1.12 bits per heavy atom. The number of rotatable bonds is 0. The van der Waals surface area contributed by atoms with Crippen LogP contribution in [-0.4, -0.2) is 25.7 Å². The number of fused-ring (bicyclic) bond motifs is 1. The Morgan fingerprint density at radius 2 is 1.65 bits per heavy atom. The number of halogens is 1. The molecule has 0 bridgehead atoms. The Hall–Kier alpha value is -1.34. The summed E-state index contributed by atoms with van der Waals surface area (Å²) in [4.78, 5) is 8.12. The molecule has 0 N–H and O–H groups in total. The summed E-state index contributed by atoms with van der Waals surface area (Å²) >= 11 is 3.31. The summed E-state index contributed by atoms with van der Waals surface area (Å²) in [6, 6.07) is 5.40. The molecule has 17 heavy (non-hydrogen) atoms. The van der Waals surface area contributed by atoms with Crippen molar-refractivity contribution in [2.24, 2.45) is 0 Å². The minimum absolute atomic E-state index is 0.136. The van der Waals surface area contributed by atoms with Crippen LogP contribution >= 0.6 is 15.9 Å². The van der Waals surface area contributed by atoms with Crippen LogP contribution in [0.2, 0.25) is 0 Å². The summed E-state index contributed by atoms with van der Waals surface area (Å²) in [7, 11) is 11.1. The van der Waals surface area contributed by atoms with Crippen LogP contribution < -0.4 is 11.2 Å². The largest absolute Gasteiger partial charge is 0.261 e. The van der Waals surface area contributed by atoms with Gasteiger partial charge in [-0.2, -0.15) is 5.26 Å². The van der Waals surface area contributed by atoms with Gasteiger partial charge < -0.3 is 0 Å². The maximum atomic E-state index is 8.88. The van der Waals surface area contributed by atoms with Crippen molar-refractivity contribution < 1.29 is 0 Å². The normalized spacial score (nSPS) is 9.29. The summed E-state index contributed by atoms with van der Waals surface area (Å²) in [5.41, 5.74) is 1.72.